The average Bonchev–Trinajstić information content (AvgIpc) is 2.56. The van der Waals surface area contributed by atoms with Crippen LogP contribution in [-0.4, -0.2) is 31.8 Å². The fourth-order valence-corrected chi connectivity index (χ4v) is 2.26. The number of rotatable bonds is 3. The summed E-state index contributed by atoms with van der Waals surface area (Å²) in [6.45, 7) is 1.49. The minimum atomic E-state index is 0.0306. The lowest BCUT2D eigenvalue weighted by molar-refractivity contribution is -0.120. The van der Waals surface area contributed by atoms with E-state index in [0.717, 1.165) is 24.2 Å². The van der Waals surface area contributed by atoms with Gasteiger partial charge in [0.15, 0.2) is 5.78 Å². The smallest absolute Gasteiger partial charge is 0.221 e. The van der Waals surface area contributed by atoms with Gasteiger partial charge in [0.1, 0.15) is 0 Å². The molecule has 1 N–H and O–H groups in total. The molecule has 0 saturated heterocycles. The first kappa shape index (κ1) is 12.6. The summed E-state index contributed by atoms with van der Waals surface area (Å²) >= 11 is 0. The molecule has 0 unspecified atom stereocenters. The second kappa shape index (κ2) is 5.67. The van der Waals surface area contributed by atoms with Crippen LogP contribution in [0.2, 0.25) is 0 Å². The van der Waals surface area contributed by atoms with E-state index in [4.69, 9.17) is 0 Å². The van der Waals surface area contributed by atoms with Crippen LogP contribution >= 0.6 is 0 Å². The third-order valence-corrected chi connectivity index (χ3v) is 3.26. The Morgan fingerprint density at radius 3 is 2.94 bits per heavy atom. The van der Waals surface area contributed by atoms with Gasteiger partial charge in [0, 0.05) is 44.2 Å². The van der Waals surface area contributed by atoms with Gasteiger partial charge in [0.25, 0.3) is 0 Å². The lowest BCUT2D eigenvalue weighted by atomic mass is 10.1. The first-order valence-corrected chi connectivity index (χ1v) is 6.30. The summed E-state index contributed by atoms with van der Waals surface area (Å²) in [4.78, 5) is 25.4. The molecule has 0 fully saturated rings. The minimum Gasteiger partial charge on any atom is -0.370 e. The van der Waals surface area contributed by atoms with Crippen LogP contribution in [0.3, 0.4) is 0 Å². The standard InChI is InChI=1S/C14H18N2O2/c1-15-14(18)8-10-16-9-4-7-13(17)11-5-2-3-6-12(11)16/h2-3,5-6H,4,7-10H2,1H3,(H,15,18). The fourth-order valence-electron chi connectivity index (χ4n) is 2.26. The van der Waals surface area contributed by atoms with Crippen molar-refractivity contribution >= 4 is 17.4 Å². The molecule has 0 saturated carbocycles. The SMILES string of the molecule is CNC(=O)CCN1CCCC(=O)c2ccccc21. The summed E-state index contributed by atoms with van der Waals surface area (Å²) in [5.41, 5.74) is 1.75. The second-order valence-corrected chi connectivity index (χ2v) is 4.45. The third-order valence-electron chi connectivity index (χ3n) is 3.26. The third kappa shape index (κ3) is 2.70. The molecule has 0 bridgehead atoms. The van der Waals surface area contributed by atoms with Crippen LogP contribution in [0.15, 0.2) is 24.3 Å². The number of Topliss-reactive ketones (excluding diaryl/α,β-unsaturated/α-hetero) is 1. The van der Waals surface area contributed by atoms with Gasteiger partial charge in [0.05, 0.1) is 0 Å². The zero-order chi connectivity index (χ0) is 13.0. The maximum atomic E-state index is 11.9. The molecule has 1 aliphatic heterocycles. The van der Waals surface area contributed by atoms with Crippen molar-refractivity contribution in [3.63, 3.8) is 0 Å². The Kier molecular flexibility index (Phi) is 3.97. The molecule has 1 heterocycles. The zero-order valence-corrected chi connectivity index (χ0v) is 10.6. The molecule has 1 amide bonds. The number of amides is 1. The van der Waals surface area contributed by atoms with E-state index in [1.807, 2.05) is 24.3 Å². The molecule has 18 heavy (non-hydrogen) atoms. The van der Waals surface area contributed by atoms with Crippen molar-refractivity contribution in [2.24, 2.45) is 0 Å². The van der Waals surface area contributed by atoms with Gasteiger partial charge < -0.3 is 10.2 Å². The highest BCUT2D eigenvalue weighted by Gasteiger charge is 2.20. The number of fused-ring (bicyclic) bond motifs is 1. The molecule has 0 aliphatic carbocycles. The Morgan fingerprint density at radius 1 is 1.39 bits per heavy atom. The Bertz CT molecular complexity index is 457. The number of ketones is 1. The molecule has 0 radical (unpaired) electrons. The van der Waals surface area contributed by atoms with Crippen molar-refractivity contribution < 1.29 is 9.59 Å². The van der Waals surface area contributed by atoms with Gasteiger partial charge in [-0.15, -0.1) is 0 Å². The molecule has 1 aromatic rings. The first-order valence-electron chi connectivity index (χ1n) is 6.30. The fraction of sp³-hybridized carbons (Fsp3) is 0.429. The van der Waals surface area contributed by atoms with Crippen LogP contribution in [-0.2, 0) is 4.79 Å². The van der Waals surface area contributed by atoms with Crippen LogP contribution in [0.5, 0.6) is 0 Å². The molecule has 96 valence electrons. The molecular weight excluding hydrogens is 228 g/mol. The summed E-state index contributed by atoms with van der Waals surface area (Å²) in [5, 5.41) is 2.62. The normalized spacial score (nSPS) is 14.9. The predicted molar refractivity (Wildman–Crippen MR) is 70.9 cm³/mol. The molecule has 2 rings (SSSR count). The van der Waals surface area contributed by atoms with Gasteiger partial charge in [0.2, 0.25) is 5.91 Å². The molecule has 0 aromatic heterocycles. The topological polar surface area (TPSA) is 49.4 Å². The van der Waals surface area contributed by atoms with E-state index < -0.39 is 0 Å². The highest BCUT2D eigenvalue weighted by atomic mass is 16.1. The highest BCUT2D eigenvalue weighted by molar-refractivity contribution is 6.02. The number of carbonyl (C=O) groups is 2. The molecular formula is C14H18N2O2. The number of hydrogen-bond acceptors (Lipinski definition) is 3. The number of nitrogens with zero attached hydrogens (tertiary/aromatic N) is 1. The molecule has 4 nitrogen and oxygen atoms in total. The van der Waals surface area contributed by atoms with Gasteiger partial charge in [-0.2, -0.15) is 0 Å². The lowest BCUT2D eigenvalue weighted by Crippen LogP contribution is -2.30. The maximum Gasteiger partial charge on any atom is 0.221 e. The summed E-state index contributed by atoms with van der Waals surface area (Å²) < 4.78 is 0. The molecule has 1 aromatic carbocycles. The van der Waals surface area contributed by atoms with E-state index >= 15 is 0 Å². The van der Waals surface area contributed by atoms with E-state index in [9.17, 15) is 9.59 Å². The van der Waals surface area contributed by atoms with Gasteiger partial charge in [-0.1, -0.05) is 12.1 Å². The van der Waals surface area contributed by atoms with Crippen molar-refractivity contribution in [1.82, 2.24) is 5.32 Å². The number of hydrogen-bond donors (Lipinski definition) is 1. The van der Waals surface area contributed by atoms with Gasteiger partial charge in [-0.3, -0.25) is 9.59 Å². The van der Waals surface area contributed by atoms with Crippen molar-refractivity contribution in [3.8, 4) is 0 Å². The van der Waals surface area contributed by atoms with Crippen LogP contribution in [0.1, 0.15) is 29.6 Å². The monoisotopic (exact) mass is 246 g/mol. The van der Waals surface area contributed by atoms with E-state index in [-0.39, 0.29) is 11.7 Å². The Balaban J connectivity index is 2.18. The van der Waals surface area contributed by atoms with Crippen LogP contribution in [0.25, 0.3) is 0 Å². The number of benzene rings is 1. The summed E-state index contributed by atoms with van der Waals surface area (Å²) in [6, 6.07) is 7.65. The predicted octanol–water partition coefficient (Wildman–Crippen LogP) is 1.61. The van der Waals surface area contributed by atoms with E-state index in [0.29, 0.717) is 19.4 Å². The molecule has 1 aliphatic rings. The van der Waals surface area contributed by atoms with E-state index in [2.05, 4.69) is 10.2 Å². The minimum absolute atomic E-state index is 0.0306. The van der Waals surface area contributed by atoms with E-state index in [1.165, 1.54) is 0 Å². The number of para-hydroxylation sites is 1. The van der Waals surface area contributed by atoms with Crippen LogP contribution < -0.4 is 10.2 Å². The van der Waals surface area contributed by atoms with Gasteiger partial charge in [-0.05, 0) is 18.6 Å². The lowest BCUT2D eigenvalue weighted by Gasteiger charge is -2.24. The van der Waals surface area contributed by atoms with Crippen molar-refractivity contribution in [2.75, 3.05) is 25.0 Å². The first-order chi connectivity index (χ1) is 8.72. The highest BCUT2D eigenvalue weighted by Crippen LogP contribution is 2.26. The summed E-state index contributed by atoms with van der Waals surface area (Å²) in [7, 11) is 1.64. The molecule has 0 atom stereocenters. The van der Waals surface area contributed by atoms with Crippen molar-refractivity contribution in [1.29, 1.82) is 0 Å². The van der Waals surface area contributed by atoms with Crippen LogP contribution in [0.4, 0.5) is 5.69 Å². The zero-order valence-electron chi connectivity index (χ0n) is 10.6. The molecule has 4 heteroatoms. The van der Waals surface area contributed by atoms with Gasteiger partial charge >= 0.3 is 0 Å². The summed E-state index contributed by atoms with van der Waals surface area (Å²) in [5.74, 6) is 0.232. The molecule has 0 spiro atoms. The average molecular weight is 246 g/mol. The Labute approximate surface area is 107 Å². The largest absolute Gasteiger partial charge is 0.370 e. The second-order valence-electron chi connectivity index (χ2n) is 4.45. The Morgan fingerprint density at radius 2 is 2.17 bits per heavy atom. The number of carbonyl (C=O) groups excluding carboxylic acids is 2. The quantitative estimate of drug-likeness (QED) is 0.881. The Hall–Kier alpha value is -1.84. The summed E-state index contributed by atoms with van der Waals surface area (Å²) in [6.07, 6.45) is 1.90. The van der Waals surface area contributed by atoms with E-state index in [1.54, 1.807) is 7.05 Å². The number of nitrogens with one attached hydrogen (secondary N) is 1. The van der Waals surface area contributed by atoms with Crippen LogP contribution in [0, 0.1) is 0 Å². The van der Waals surface area contributed by atoms with Gasteiger partial charge in [-0.25, -0.2) is 0 Å². The van der Waals surface area contributed by atoms with Crippen molar-refractivity contribution in [3.05, 3.63) is 29.8 Å². The number of anilines is 1. The van der Waals surface area contributed by atoms with Crippen molar-refractivity contribution in [2.45, 2.75) is 19.3 Å². The maximum absolute atomic E-state index is 11.9.